The van der Waals surface area contributed by atoms with Gasteiger partial charge in [0.2, 0.25) is 11.8 Å². The van der Waals surface area contributed by atoms with Crippen LogP contribution in [-0.2, 0) is 15.0 Å². The lowest BCUT2D eigenvalue weighted by atomic mass is 9.71. The standard InChI is InChI=1S/C22H20N4O2/c1-12-5-7-18(14(3)8-12)26-20-16(11-23-26)22(10-19(27)25-20)15-9-13(2)4-6-17(15)24-21(22)28/h4-9,11H,10H2,1-3H3,(H,24,28)(H,25,27)/t22-/m1/s1. The lowest BCUT2D eigenvalue weighted by Gasteiger charge is -2.31. The monoisotopic (exact) mass is 372 g/mol. The molecule has 3 aromatic rings. The maximum atomic E-state index is 13.2. The zero-order valence-electron chi connectivity index (χ0n) is 16.0. The van der Waals surface area contributed by atoms with Crippen LogP contribution in [0.3, 0.4) is 0 Å². The Balaban J connectivity index is 1.77. The number of anilines is 2. The molecule has 1 atom stereocenters. The van der Waals surface area contributed by atoms with Crippen LogP contribution >= 0.6 is 0 Å². The smallest absolute Gasteiger partial charge is 0.240 e. The first-order valence-electron chi connectivity index (χ1n) is 9.29. The van der Waals surface area contributed by atoms with Crippen LogP contribution in [0, 0.1) is 20.8 Å². The Bertz CT molecular complexity index is 1180. The molecular formula is C22H20N4O2. The number of hydrogen-bond donors (Lipinski definition) is 2. The summed E-state index contributed by atoms with van der Waals surface area (Å²) in [5.41, 5.74) is 5.42. The molecule has 0 radical (unpaired) electrons. The molecule has 3 heterocycles. The van der Waals surface area contributed by atoms with Gasteiger partial charge in [-0.25, -0.2) is 4.68 Å². The molecule has 2 amide bonds. The highest BCUT2D eigenvalue weighted by Crippen LogP contribution is 2.50. The molecule has 0 saturated carbocycles. The van der Waals surface area contributed by atoms with Crippen LogP contribution in [-0.4, -0.2) is 21.6 Å². The van der Waals surface area contributed by atoms with Crippen molar-refractivity contribution in [3.8, 4) is 5.69 Å². The Morgan fingerprint density at radius 3 is 2.50 bits per heavy atom. The second kappa shape index (κ2) is 5.55. The molecule has 28 heavy (non-hydrogen) atoms. The minimum absolute atomic E-state index is 0.0703. The molecule has 0 bridgehead atoms. The number of aryl methyl sites for hydroxylation is 3. The van der Waals surface area contributed by atoms with Crippen LogP contribution in [0.25, 0.3) is 5.69 Å². The Morgan fingerprint density at radius 2 is 1.71 bits per heavy atom. The highest BCUT2D eigenvalue weighted by Gasteiger charge is 2.54. The van der Waals surface area contributed by atoms with E-state index in [4.69, 9.17) is 0 Å². The van der Waals surface area contributed by atoms with Crippen LogP contribution in [0.1, 0.15) is 34.2 Å². The van der Waals surface area contributed by atoms with E-state index in [9.17, 15) is 9.59 Å². The summed E-state index contributed by atoms with van der Waals surface area (Å²) < 4.78 is 1.73. The van der Waals surface area contributed by atoms with Crippen molar-refractivity contribution < 1.29 is 9.59 Å². The van der Waals surface area contributed by atoms with E-state index in [0.29, 0.717) is 5.82 Å². The lowest BCUT2D eigenvalue weighted by Crippen LogP contribution is -2.43. The van der Waals surface area contributed by atoms with Gasteiger partial charge >= 0.3 is 0 Å². The number of carbonyl (C=O) groups excluding carboxylic acids is 2. The second-order valence-electron chi connectivity index (χ2n) is 7.74. The molecule has 140 valence electrons. The fraction of sp³-hybridized carbons (Fsp3) is 0.227. The molecular weight excluding hydrogens is 352 g/mol. The molecule has 2 aliphatic rings. The minimum atomic E-state index is -1.05. The van der Waals surface area contributed by atoms with Gasteiger partial charge in [-0.2, -0.15) is 5.10 Å². The van der Waals surface area contributed by atoms with Crippen molar-refractivity contribution in [2.75, 3.05) is 10.6 Å². The summed E-state index contributed by atoms with van der Waals surface area (Å²) >= 11 is 0. The van der Waals surface area contributed by atoms with Gasteiger partial charge in [0.1, 0.15) is 11.2 Å². The molecule has 1 spiro atoms. The van der Waals surface area contributed by atoms with Gasteiger partial charge in [0.05, 0.1) is 11.9 Å². The average Bonchev–Trinajstić information content (AvgIpc) is 3.16. The third-order valence-electron chi connectivity index (χ3n) is 5.76. The van der Waals surface area contributed by atoms with E-state index in [2.05, 4.69) is 21.8 Å². The predicted molar refractivity (Wildman–Crippen MR) is 107 cm³/mol. The van der Waals surface area contributed by atoms with E-state index >= 15 is 0 Å². The van der Waals surface area contributed by atoms with Crippen molar-refractivity contribution in [2.45, 2.75) is 32.6 Å². The van der Waals surface area contributed by atoms with E-state index < -0.39 is 5.41 Å². The molecule has 2 N–H and O–H groups in total. The van der Waals surface area contributed by atoms with Gasteiger partial charge in [-0.1, -0.05) is 35.4 Å². The predicted octanol–water partition coefficient (Wildman–Crippen LogP) is 3.38. The van der Waals surface area contributed by atoms with Crippen molar-refractivity contribution in [1.29, 1.82) is 0 Å². The first-order valence-corrected chi connectivity index (χ1v) is 9.29. The molecule has 0 unspecified atom stereocenters. The Hall–Kier alpha value is -3.41. The van der Waals surface area contributed by atoms with Gasteiger partial charge in [-0.3, -0.25) is 9.59 Å². The lowest BCUT2D eigenvalue weighted by molar-refractivity contribution is -0.125. The van der Waals surface area contributed by atoms with Gasteiger partial charge in [0, 0.05) is 17.7 Å². The Labute approximate surface area is 162 Å². The summed E-state index contributed by atoms with van der Waals surface area (Å²) in [5.74, 6) is 0.195. The van der Waals surface area contributed by atoms with Gasteiger partial charge in [-0.05, 0) is 44.0 Å². The summed E-state index contributed by atoms with van der Waals surface area (Å²) in [4.78, 5) is 25.9. The van der Waals surface area contributed by atoms with Gasteiger partial charge in [-0.15, -0.1) is 0 Å². The number of nitrogens with one attached hydrogen (secondary N) is 2. The Kier molecular flexibility index (Phi) is 3.32. The van der Waals surface area contributed by atoms with E-state index in [1.807, 2.05) is 51.1 Å². The summed E-state index contributed by atoms with van der Waals surface area (Å²) in [7, 11) is 0. The first-order chi connectivity index (χ1) is 13.4. The fourth-order valence-electron chi connectivity index (χ4n) is 4.43. The number of rotatable bonds is 1. The molecule has 5 rings (SSSR count). The Morgan fingerprint density at radius 1 is 0.964 bits per heavy atom. The highest BCUT2D eigenvalue weighted by atomic mass is 16.2. The van der Waals surface area contributed by atoms with Gasteiger partial charge in [0.25, 0.3) is 0 Å². The number of carbonyl (C=O) groups is 2. The molecule has 0 saturated heterocycles. The number of aromatic nitrogens is 2. The highest BCUT2D eigenvalue weighted by molar-refractivity contribution is 6.14. The molecule has 2 aromatic carbocycles. The van der Waals surface area contributed by atoms with Crippen molar-refractivity contribution in [2.24, 2.45) is 0 Å². The zero-order chi connectivity index (χ0) is 19.6. The van der Waals surface area contributed by atoms with Crippen molar-refractivity contribution in [1.82, 2.24) is 9.78 Å². The summed E-state index contributed by atoms with van der Waals surface area (Å²) in [6, 6.07) is 11.9. The van der Waals surface area contributed by atoms with Crippen LogP contribution in [0.5, 0.6) is 0 Å². The number of fused-ring (bicyclic) bond motifs is 4. The topological polar surface area (TPSA) is 76.0 Å². The number of hydrogen-bond acceptors (Lipinski definition) is 3. The van der Waals surface area contributed by atoms with Crippen molar-refractivity contribution >= 4 is 23.3 Å². The third kappa shape index (κ3) is 2.11. The van der Waals surface area contributed by atoms with Gasteiger partial charge < -0.3 is 10.6 Å². The summed E-state index contributed by atoms with van der Waals surface area (Å²) in [6.07, 6.45) is 1.78. The largest absolute Gasteiger partial charge is 0.325 e. The third-order valence-corrected chi connectivity index (χ3v) is 5.76. The maximum absolute atomic E-state index is 13.2. The van der Waals surface area contributed by atoms with Crippen LogP contribution in [0.15, 0.2) is 42.6 Å². The maximum Gasteiger partial charge on any atom is 0.240 e. The van der Waals surface area contributed by atoms with E-state index in [0.717, 1.165) is 39.2 Å². The number of nitrogens with zero attached hydrogens (tertiary/aromatic N) is 2. The van der Waals surface area contributed by atoms with Crippen LogP contribution in [0.4, 0.5) is 11.5 Å². The molecule has 0 fully saturated rings. The van der Waals surface area contributed by atoms with Crippen molar-refractivity contribution in [3.05, 3.63) is 70.4 Å². The normalized spacial score (nSPS) is 20.0. The molecule has 6 nitrogen and oxygen atoms in total. The SMILES string of the molecule is Cc1ccc(-n2ncc3c2NC(=O)C[C@]32C(=O)Nc3ccc(C)cc32)c(C)c1. The molecule has 1 aromatic heterocycles. The first kappa shape index (κ1) is 16.7. The second-order valence-corrected chi connectivity index (χ2v) is 7.74. The minimum Gasteiger partial charge on any atom is -0.325 e. The van der Waals surface area contributed by atoms with E-state index in [1.165, 1.54) is 0 Å². The number of benzene rings is 2. The zero-order valence-corrected chi connectivity index (χ0v) is 16.0. The molecule has 6 heteroatoms. The fourth-order valence-corrected chi connectivity index (χ4v) is 4.43. The summed E-state index contributed by atoms with van der Waals surface area (Å²) in [5, 5.41) is 10.5. The van der Waals surface area contributed by atoms with E-state index in [-0.39, 0.29) is 18.2 Å². The average molecular weight is 372 g/mol. The quantitative estimate of drug-likeness (QED) is 0.688. The van der Waals surface area contributed by atoms with Crippen molar-refractivity contribution in [3.63, 3.8) is 0 Å². The van der Waals surface area contributed by atoms with E-state index in [1.54, 1.807) is 10.9 Å². The molecule has 0 aliphatic carbocycles. The summed E-state index contributed by atoms with van der Waals surface area (Å²) in [6.45, 7) is 6.03. The van der Waals surface area contributed by atoms with Crippen LogP contribution in [0.2, 0.25) is 0 Å². The van der Waals surface area contributed by atoms with Crippen LogP contribution < -0.4 is 10.6 Å². The van der Waals surface area contributed by atoms with Gasteiger partial charge in [0.15, 0.2) is 0 Å². The molecule has 2 aliphatic heterocycles. The number of amides is 2.